The maximum atomic E-state index is 6.45. The van der Waals surface area contributed by atoms with E-state index in [4.69, 9.17) is 16.3 Å². The highest BCUT2D eigenvalue weighted by Gasteiger charge is 2.19. The van der Waals surface area contributed by atoms with Crippen molar-refractivity contribution in [1.82, 2.24) is 4.98 Å². The van der Waals surface area contributed by atoms with E-state index in [-0.39, 0.29) is 0 Å². The van der Waals surface area contributed by atoms with E-state index in [0.29, 0.717) is 6.61 Å². The van der Waals surface area contributed by atoms with Crippen molar-refractivity contribution in [2.45, 2.75) is 6.54 Å². The molecule has 0 unspecified atom stereocenters. The Morgan fingerprint density at radius 2 is 2.00 bits per heavy atom. The van der Waals surface area contributed by atoms with Crippen LogP contribution < -0.4 is 9.64 Å². The molecule has 1 aliphatic heterocycles. The number of aromatic nitrogens is 1. The van der Waals surface area contributed by atoms with E-state index >= 15 is 0 Å². The maximum absolute atomic E-state index is 6.45. The van der Waals surface area contributed by atoms with E-state index in [0.717, 1.165) is 46.0 Å². The number of benzene rings is 2. The quantitative estimate of drug-likeness (QED) is 0.706. The van der Waals surface area contributed by atoms with Crippen molar-refractivity contribution < 1.29 is 4.74 Å². The van der Waals surface area contributed by atoms with Gasteiger partial charge in [-0.1, -0.05) is 35.9 Å². The largest absolute Gasteiger partial charge is 0.490 e. The van der Waals surface area contributed by atoms with Crippen molar-refractivity contribution in [2.75, 3.05) is 18.1 Å². The molecule has 0 spiro atoms. The van der Waals surface area contributed by atoms with Crippen molar-refractivity contribution in [2.24, 2.45) is 0 Å². The molecule has 2 aromatic carbocycles. The molecular formula is C18H15ClN2O. The van der Waals surface area contributed by atoms with Crippen LogP contribution in [0.25, 0.3) is 10.9 Å². The Morgan fingerprint density at radius 3 is 2.95 bits per heavy atom. The fourth-order valence-corrected chi connectivity index (χ4v) is 3.13. The van der Waals surface area contributed by atoms with Crippen molar-refractivity contribution in [3.8, 4) is 5.75 Å². The lowest BCUT2D eigenvalue weighted by Crippen LogP contribution is -2.32. The summed E-state index contributed by atoms with van der Waals surface area (Å²) in [5.74, 6) is 0.929. The van der Waals surface area contributed by atoms with Crippen LogP contribution in [0.4, 0.5) is 5.69 Å². The van der Waals surface area contributed by atoms with Gasteiger partial charge in [-0.05, 0) is 24.3 Å². The third-order valence-electron chi connectivity index (χ3n) is 4.00. The van der Waals surface area contributed by atoms with Crippen LogP contribution in [0, 0.1) is 0 Å². The number of rotatable bonds is 2. The molecule has 22 heavy (non-hydrogen) atoms. The average molecular weight is 311 g/mol. The number of para-hydroxylation sites is 2. The Labute approximate surface area is 134 Å². The van der Waals surface area contributed by atoms with Gasteiger partial charge in [0.2, 0.25) is 0 Å². The lowest BCUT2D eigenvalue weighted by molar-refractivity contribution is 0.307. The van der Waals surface area contributed by atoms with Crippen molar-refractivity contribution >= 4 is 28.2 Å². The molecule has 0 aliphatic carbocycles. The molecule has 0 fully saturated rings. The highest BCUT2D eigenvalue weighted by molar-refractivity contribution is 6.32. The Balaban J connectivity index is 1.78. The molecule has 4 rings (SSSR count). The number of nitrogens with zero attached hydrogens (tertiary/aromatic N) is 2. The summed E-state index contributed by atoms with van der Waals surface area (Å²) in [6.45, 7) is 2.26. The van der Waals surface area contributed by atoms with Gasteiger partial charge in [0.15, 0.2) is 0 Å². The molecule has 4 heteroatoms. The van der Waals surface area contributed by atoms with Crippen LogP contribution in [0.5, 0.6) is 5.75 Å². The van der Waals surface area contributed by atoms with Gasteiger partial charge < -0.3 is 9.64 Å². The molecular weight excluding hydrogens is 296 g/mol. The monoisotopic (exact) mass is 310 g/mol. The van der Waals surface area contributed by atoms with E-state index in [1.165, 1.54) is 0 Å². The number of hydrogen-bond acceptors (Lipinski definition) is 3. The first kappa shape index (κ1) is 13.4. The summed E-state index contributed by atoms with van der Waals surface area (Å²) in [5, 5.41) is 1.87. The third kappa shape index (κ3) is 2.28. The minimum absolute atomic E-state index is 0.687. The molecule has 0 saturated heterocycles. The van der Waals surface area contributed by atoms with E-state index in [2.05, 4.69) is 22.0 Å². The molecule has 0 N–H and O–H groups in total. The van der Waals surface area contributed by atoms with Gasteiger partial charge in [-0.3, -0.25) is 4.98 Å². The molecule has 0 bridgehead atoms. The highest BCUT2D eigenvalue weighted by atomic mass is 35.5. The molecule has 110 valence electrons. The first-order valence-electron chi connectivity index (χ1n) is 7.32. The van der Waals surface area contributed by atoms with Crippen LogP contribution in [0.1, 0.15) is 5.56 Å². The first-order chi connectivity index (χ1) is 10.8. The lowest BCUT2D eigenvalue weighted by atomic mass is 10.1. The summed E-state index contributed by atoms with van der Waals surface area (Å²) in [4.78, 5) is 6.82. The van der Waals surface area contributed by atoms with Crippen molar-refractivity contribution in [3.05, 3.63) is 65.3 Å². The molecule has 2 heterocycles. The Hall–Kier alpha value is -2.26. The van der Waals surface area contributed by atoms with Gasteiger partial charge in [0.1, 0.15) is 12.4 Å². The molecule has 0 atom stereocenters. The maximum Gasteiger partial charge on any atom is 0.142 e. The van der Waals surface area contributed by atoms with E-state index in [9.17, 15) is 0 Å². The minimum atomic E-state index is 0.687. The normalized spacial score (nSPS) is 13.8. The zero-order valence-corrected chi connectivity index (χ0v) is 12.8. The summed E-state index contributed by atoms with van der Waals surface area (Å²) in [7, 11) is 0. The van der Waals surface area contributed by atoms with Crippen LogP contribution in [0.2, 0.25) is 5.02 Å². The number of ether oxygens (including phenoxy) is 1. The molecule has 0 radical (unpaired) electrons. The third-order valence-corrected chi connectivity index (χ3v) is 4.35. The number of pyridine rings is 1. The SMILES string of the molecule is Clc1ccc2cccnc2c1CN1CCOc2ccccc21. The average Bonchev–Trinajstić information content (AvgIpc) is 2.58. The Bertz CT molecular complexity index is 834. The topological polar surface area (TPSA) is 25.4 Å². The second kappa shape index (κ2) is 5.50. The summed E-state index contributed by atoms with van der Waals surface area (Å²) in [6, 6.07) is 16.1. The first-order valence-corrected chi connectivity index (χ1v) is 7.69. The van der Waals surface area contributed by atoms with Gasteiger partial charge in [-0.2, -0.15) is 0 Å². The molecule has 0 amide bonds. The smallest absolute Gasteiger partial charge is 0.142 e. The Morgan fingerprint density at radius 1 is 1.09 bits per heavy atom. The Kier molecular flexibility index (Phi) is 3.35. The molecule has 1 aliphatic rings. The van der Waals surface area contributed by atoms with Gasteiger partial charge in [0.25, 0.3) is 0 Å². The van der Waals surface area contributed by atoms with Gasteiger partial charge >= 0.3 is 0 Å². The summed E-state index contributed by atoms with van der Waals surface area (Å²) in [6.07, 6.45) is 1.81. The van der Waals surface area contributed by atoms with Gasteiger partial charge in [0, 0.05) is 28.7 Å². The number of halogens is 1. The van der Waals surface area contributed by atoms with Crippen LogP contribution in [0.3, 0.4) is 0 Å². The van der Waals surface area contributed by atoms with Crippen LogP contribution >= 0.6 is 11.6 Å². The van der Waals surface area contributed by atoms with E-state index in [1.807, 2.05) is 42.6 Å². The van der Waals surface area contributed by atoms with E-state index in [1.54, 1.807) is 0 Å². The molecule has 3 aromatic rings. The van der Waals surface area contributed by atoms with E-state index < -0.39 is 0 Å². The standard InChI is InChI=1S/C18H15ClN2O/c19-15-8-7-13-4-3-9-20-18(13)14(15)12-21-10-11-22-17-6-2-1-5-16(17)21/h1-9H,10-12H2. The second-order valence-electron chi connectivity index (χ2n) is 5.34. The second-order valence-corrected chi connectivity index (χ2v) is 5.75. The fraction of sp³-hybridized carbons (Fsp3) is 0.167. The molecule has 1 aromatic heterocycles. The highest BCUT2D eigenvalue weighted by Crippen LogP contribution is 2.34. The zero-order chi connectivity index (χ0) is 14.9. The predicted molar refractivity (Wildman–Crippen MR) is 89.7 cm³/mol. The summed E-state index contributed by atoms with van der Waals surface area (Å²) >= 11 is 6.45. The fourth-order valence-electron chi connectivity index (χ4n) is 2.91. The van der Waals surface area contributed by atoms with Gasteiger partial charge in [-0.15, -0.1) is 0 Å². The minimum Gasteiger partial charge on any atom is -0.490 e. The summed E-state index contributed by atoms with van der Waals surface area (Å²) in [5.41, 5.74) is 3.15. The van der Waals surface area contributed by atoms with Crippen LogP contribution in [0.15, 0.2) is 54.7 Å². The lowest BCUT2D eigenvalue weighted by Gasteiger charge is -2.31. The number of anilines is 1. The zero-order valence-electron chi connectivity index (χ0n) is 12.0. The van der Waals surface area contributed by atoms with Gasteiger partial charge in [-0.25, -0.2) is 0 Å². The van der Waals surface area contributed by atoms with Crippen molar-refractivity contribution in [1.29, 1.82) is 0 Å². The van der Waals surface area contributed by atoms with Crippen molar-refractivity contribution in [3.63, 3.8) is 0 Å². The van der Waals surface area contributed by atoms with Crippen LogP contribution in [-0.4, -0.2) is 18.1 Å². The van der Waals surface area contributed by atoms with Gasteiger partial charge in [0.05, 0.1) is 17.7 Å². The summed E-state index contributed by atoms with van der Waals surface area (Å²) < 4.78 is 5.72. The van der Waals surface area contributed by atoms with Crippen LogP contribution in [-0.2, 0) is 6.54 Å². The number of fused-ring (bicyclic) bond motifs is 2. The molecule has 0 saturated carbocycles. The molecule has 3 nitrogen and oxygen atoms in total. The predicted octanol–water partition coefficient (Wildman–Crippen LogP) is 4.29. The number of hydrogen-bond donors (Lipinski definition) is 0.